The molecular formula is C13H20O3. The average Bonchev–Trinajstić information content (AvgIpc) is 2.35. The van der Waals surface area contributed by atoms with Gasteiger partial charge >= 0.3 is 0 Å². The largest absolute Gasteiger partial charge is 0.493 e. The molecule has 0 aromatic heterocycles. The summed E-state index contributed by atoms with van der Waals surface area (Å²) >= 11 is 0. The van der Waals surface area contributed by atoms with Crippen LogP contribution in [-0.2, 0) is 6.42 Å². The Morgan fingerprint density at radius 3 is 2.44 bits per heavy atom. The molecule has 1 unspecified atom stereocenters. The van der Waals surface area contributed by atoms with Gasteiger partial charge in [0.2, 0.25) is 0 Å². The van der Waals surface area contributed by atoms with Gasteiger partial charge in [-0.15, -0.1) is 0 Å². The van der Waals surface area contributed by atoms with Crippen LogP contribution in [0.4, 0.5) is 0 Å². The summed E-state index contributed by atoms with van der Waals surface area (Å²) in [7, 11) is 3.25. The third-order valence-electron chi connectivity index (χ3n) is 2.69. The van der Waals surface area contributed by atoms with Crippen LogP contribution in [0.3, 0.4) is 0 Å². The molecule has 3 nitrogen and oxygen atoms in total. The molecule has 0 radical (unpaired) electrons. The van der Waals surface area contributed by atoms with Crippen LogP contribution in [0.25, 0.3) is 0 Å². The molecule has 0 aliphatic rings. The second-order valence-electron chi connectivity index (χ2n) is 3.79. The monoisotopic (exact) mass is 224 g/mol. The van der Waals surface area contributed by atoms with Gasteiger partial charge in [0.25, 0.3) is 0 Å². The highest BCUT2D eigenvalue weighted by Gasteiger charge is 2.06. The molecule has 0 bridgehead atoms. The lowest BCUT2D eigenvalue weighted by atomic mass is 10.1. The Balaban J connectivity index is 2.67. The maximum atomic E-state index is 9.49. The van der Waals surface area contributed by atoms with E-state index < -0.39 is 0 Å². The zero-order valence-electron chi connectivity index (χ0n) is 10.2. The molecule has 1 N–H and O–H groups in total. The van der Waals surface area contributed by atoms with Crippen molar-refractivity contribution in [1.29, 1.82) is 0 Å². The fourth-order valence-corrected chi connectivity index (χ4v) is 1.57. The van der Waals surface area contributed by atoms with Crippen molar-refractivity contribution in [1.82, 2.24) is 0 Å². The maximum absolute atomic E-state index is 9.49. The topological polar surface area (TPSA) is 38.7 Å². The van der Waals surface area contributed by atoms with E-state index in [1.54, 1.807) is 14.2 Å². The van der Waals surface area contributed by atoms with Crippen LogP contribution < -0.4 is 9.47 Å². The van der Waals surface area contributed by atoms with Crippen LogP contribution >= 0.6 is 0 Å². The fourth-order valence-electron chi connectivity index (χ4n) is 1.57. The van der Waals surface area contributed by atoms with E-state index in [2.05, 4.69) is 0 Å². The summed E-state index contributed by atoms with van der Waals surface area (Å²) < 4.78 is 10.4. The van der Waals surface area contributed by atoms with Gasteiger partial charge in [-0.3, -0.25) is 0 Å². The summed E-state index contributed by atoms with van der Waals surface area (Å²) in [5.74, 6) is 1.48. The third kappa shape index (κ3) is 3.42. The Labute approximate surface area is 97.0 Å². The van der Waals surface area contributed by atoms with Gasteiger partial charge in [-0.2, -0.15) is 0 Å². The number of aliphatic hydroxyl groups excluding tert-OH is 1. The van der Waals surface area contributed by atoms with Crippen LogP contribution in [0, 0.1) is 0 Å². The molecule has 1 aromatic rings. The predicted molar refractivity (Wildman–Crippen MR) is 64.2 cm³/mol. The third-order valence-corrected chi connectivity index (χ3v) is 2.69. The normalized spacial score (nSPS) is 12.2. The number of benzene rings is 1. The highest BCUT2D eigenvalue weighted by molar-refractivity contribution is 5.42. The number of aryl methyl sites for hydroxylation is 1. The first-order valence-electron chi connectivity index (χ1n) is 5.60. The summed E-state index contributed by atoms with van der Waals surface area (Å²) in [5, 5.41) is 9.49. The molecule has 0 saturated carbocycles. The molecule has 0 amide bonds. The first-order valence-corrected chi connectivity index (χ1v) is 5.60. The number of rotatable bonds is 6. The molecule has 0 aliphatic carbocycles. The van der Waals surface area contributed by atoms with Crippen molar-refractivity contribution in [2.75, 3.05) is 14.2 Å². The Hall–Kier alpha value is -1.22. The van der Waals surface area contributed by atoms with E-state index in [0.717, 1.165) is 36.3 Å². The molecule has 16 heavy (non-hydrogen) atoms. The minimum atomic E-state index is -0.215. The molecule has 0 saturated heterocycles. The Morgan fingerprint density at radius 2 is 1.88 bits per heavy atom. The molecule has 0 heterocycles. The van der Waals surface area contributed by atoms with Gasteiger partial charge in [0.1, 0.15) is 0 Å². The van der Waals surface area contributed by atoms with E-state index >= 15 is 0 Å². The van der Waals surface area contributed by atoms with E-state index in [0.29, 0.717) is 0 Å². The van der Waals surface area contributed by atoms with E-state index in [-0.39, 0.29) is 6.10 Å². The van der Waals surface area contributed by atoms with Crippen LogP contribution in [0.2, 0.25) is 0 Å². The number of aliphatic hydroxyl groups is 1. The molecule has 1 atom stereocenters. The summed E-state index contributed by atoms with van der Waals surface area (Å²) in [6.45, 7) is 1.99. The lowest BCUT2D eigenvalue weighted by Gasteiger charge is -2.11. The highest BCUT2D eigenvalue weighted by Crippen LogP contribution is 2.28. The van der Waals surface area contributed by atoms with E-state index in [9.17, 15) is 5.11 Å². The predicted octanol–water partition coefficient (Wildman–Crippen LogP) is 2.41. The number of hydrogen-bond acceptors (Lipinski definition) is 3. The first-order chi connectivity index (χ1) is 7.71. The van der Waals surface area contributed by atoms with Gasteiger partial charge in [0, 0.05) is 0 Å². The summed E-state index contributed by atoms with van der Waals surface area (Å²) in [4.78, 5) is 0. The maximum Gasteiger partial charge on any atom is 0.160 e. The van der Waals surface area contributed by atoms with Crippen LogP contribution in [0.1, 0.15) is 25.3 Å². The zero-order valence-corrected chi connectivity index (χ0v) is 10.2. The molecular weight excluding hydrogens is 204 g/mol. The van der Waals surface area contributed by atoms with Gasteiger partial charge in [-0.25, -0.2) is 0 Å². The van der Waals surface area contributed by atoms with Gasteiger partial charge in [-0.05, 0) is 37.0 Å². The first kappa shape index (κ1) is 12.8. The molecule has 0 aliphatic heterocycles. The molecule has 90 valence electrons. The van der Waals surface area contributed by atoms with Crippen LogP contribution in [0.5, 0.6) is 11.5 Å². The smallest absolute Gasteiger partial charge is 0.160 e. The molecule has 0 spiro atoms. The fraction of sp³-hybridized carbons (Fsp3) is 0.538. The van der Waals surface area contributed by atoms with Crippen molar-refractivity contribution < 1.29 is 14.6 Å². The average molecular weight is 224 g/mol. The molecule has 1 aromatic carbocycles. The summed E-state index contributed by atoms with van der Waals surface area (Å²) in [5.41, 5.74) is 1.16. The SMILES string of the molecule is CCC(O)CCc1ccc(OC)c(OC)c1. The van der Waals surface area contributed by atoms with E-state index in [4.69, 9.17) is 9.47 Å². The quantitative estimate of drug-likeness (QED) is 0.806. The van der Waals surface area contributed by atoms with E-state index in [1.807, 2.05) is 25.1 Å². The van der Waals surface area contributed by atoms with Gasteiger partial charge in [0.05, 0.1) is 20.3 Å². The van der Waals surface area contributed by atoms with Crippen LogP contribution in [0.15, 0.2) is 18.2 Å². The van der Waals surface area contributed by atoms with Crippen LogP contribution in [-0.4, -0.2) is 25.4 Å². The van der Waals surface area contributed by atoms with Gasteiger partial charge < -0.3 is 14.6 Å². The van der Waals surface area contributed by atoms with Crippen molar-refractivity contribution in [2.45, 2.75) is 32.3 Å². The second-order valence-corrected chi connectivity index (χ2v) is 3.79. The molecule has 0 fully saturated rings. The van der Waals surface area contributed by atoms with E-state index in [1.165, 1.54) is 0 Å². The van der Waals surface area contributed by atoms with Crippen molar-refractivity contribution in [3.8, 4) is 11.5 Å². The second kappa shape index (κ2) is 6.38. The summed E-state index contributed by atoms with van der Waals surface area (Å²) in [6, 6.07) is 5.86. The lowest BCUT2D eigenvalue weighted by Crippen LogP contribution is -2.05. The number of hydrogen-bond donors (Lipinski definition) is 1. The Morgan fingerprint density at radius 1 is 1.19 bits per heavy atom. The Bertz CT molecular complexity index is 323. The lowest BCUT2D eigenvalue weighted by molar-refractivity contribution is 0.160. The summed E-state index contributed by atoms with van der Waals surface area (Å²) in [6.07, 6.45) is 2.22. The molecule has 3 heteroatoms. The number of methoxy groups -OCH3 is 2. The highest BCUT2D eigenvalue weighted by atomic mass is 16.5. The zero-order chi connectivity index (χ0) is 12.0. The Kier molecular flexibility index (Phi) is 5.12. The van der Waals surface area contributed by atoms with Gasteiger partial charge in [0.15, 0.2) is 11.5 Å². The van der Waals surface area contributed by atoms with Crippen molar-refractivity contribution in [3.05, 3.63) is 23.8 Å². The minimum Gasteiger partial charge on any atom is -0.493 e. The molecule has 1 rings (SSSR count). The van der Waals surface area contributed by atoms with Gasteiger partial charge in [-0.1, -0.05) is 13.0 Å². The van der Waals surface area contributed by atoms with Crippen molar-refractivity contribution in [3.63, 3.8) is 0 Å². The standard InChI is InChI=1S/C13H20O3/c1-4-11(14)7-5-10-6-8-12(15-2)13(9-10)16-3/h6,8-9,11,14H,4-5,7H2,1-3H3. The minimum absolute atomic E-state index is 0.215. The van der Waals surface area contributed by atoms with Crippen molar-refractivity contribution in [2.24, 2.45) is 0 Å². The number of ether oxygens (including phenoxy) is 2. The van der Waals surface area contributed by atoms with Crippen molar-refractivity contribution >= 4 is 0 Å².